The van der Waals surface area contributed by atoms with Gasteiger partial charge in [-0.15, -0.1) is 11.3 Å². The number of amides is 1. The SMILES string of the molecule is CC(NC(=O)C1C2CCCC21)c1ccc(S(=O)(=O)Cl)s1. The fraction of sp³-hybridized carbons (Fsp3) is 0.615. The molecule has 2 aliphatic rings. The van der Waals surface area contributed by atoms with E-state index in [-0.39, 0.29) is 22.1 Å². The molecule has 0 saturated heterocycles. The van der Waals surface area contributed by atoms with Gasteiger partial charge in [-0.3, -0.25) is 4.79 Å². The number of nitrogens with one attached hydrogen (secondary N) is 1. The molecule has 2 aliphatic carbocycles. The highest BCUT2D eigenvalue weighted by atomic mass is 35.7. The van der Waals surface area contributed by atoms with Crippen LogP contribution in [0.25, 0.3) is 0 Å². The maximum absolute atomic E-state index is 12.2. The van der Waals surface area contributed by atoms with Crippen molar-refractivity contribution in [2.24, 2.45) is 17.8 Å². The minimum Gasteiger partial charge on any atom is -0.349 e. The van der Waals surface area contributed by atoms with Crippen LogP contribution in [0.5, 0.6) is 0 Å². The van der Waals surface area contributed by atoms with Crippen LogP contribution in [0.15, 0.2) is 16.3 Å². The van der Waals surface area contributed by atoms with Gasteiger partial charge in [0.1, 0.15) is 4.21 Å². The van der Waals surface area contributed by atoms with Crippen molar-refractivity contribution in [1.82, 2.24) is 5.32 Å². The van der Waals surface area contributed by atoms with E-state index in [0.29, 0.717) is 11.8 Å². The number of rotatable bonds is 4. The highest BCUT2D eigenvalue weighted by molar-refractivity contribution is 8.15. The molecule has 0 radical (unpaired) electrons. The third-order valence-corrected chi connectivity index (χ3v) is 7.70. The molecule has 1 heterocycles. The van der Waals surface area contributed by atoms with E-state index in [0.717, 1.165) is 16.2 Å². The van der Waals surface area contributed by atoms with Crippen molar-refractivity contribution in [3.8, 4) is 0 Å². The summed E-state index contributed by atoms with van der Waals surface area (Å²) in [4.78, 5) is 13.0. The summed E-state index contributed by atoms with van der Waals surface area (Å²) >= 11 is 1.11. The maximum Gasteiger partial charge on any atom is 0.270 e. The van der Waals surface area contributed by atoms with Crippen molar-refractivity contribution in [2.45, 2.75) is 36.4 Å². The smallest absolute Gasteiger partial charge is 0.270 e. The molecule has 7 heteroatoms. The molecule has 1 N–H and O–H groups in total. The van der Waals surface area contributed by atoms with Gasteiger partial charge in [-0.2, -0.15) is 0 Å². The molecule has 0 bridgehead atoms. The van der Waals surface area contributed by atoms with Crippen LogP contribution >= 0.6 is 22.0 Å². The number of carbonyl (C=O) groups excluding carboxylic acids is 1. The van der Waals surface area contributed by atoms with Crippen LogP contribution in [0.3, 0.4) is 0 Å². The van der Waals surface area contributed by atoms with Gasteiger partial charge < -0.3 is 5.32 Å². The molecule has 0 aromatic carbocycles. The predicted molar refractivity (Wildman–Crippen MR) is 78.2 cm³/mol. The molecular formula is C13H16ClNO3S2. The van der Waals surface area contributed by atoms with E-state index >= 15 is 0 Å². The van der Waals surface area contributed by atoms with Crippen LogP contribution in [0.4, 0.5) is 0 Å². The summed E-state index contributed by atoms with van der Waals surface area (Å²) in [6.45, 7) is 1.87. The normalized spacial score (nSPS) is 29.8. The Morgan fingerprint density at radius 1 is 1.40 bits per heavy atom. The number of hydrogen-bond acceptors (Lipinski definition) is 4. The minimum absolute atomic E-state index is 0.107. The summed E-state index contributed by atoms with van der Waals surface area (Å²) in [5, 5.41) is 2.99. The molecule has 3 atom stereocenters. The second-order valence-electron chi connectivity index (χ2n) is 5.61. The van der Waals surface area contributed by atoms with Crippen molar-refractivity contribution in [2.75, 3.05) is 0 Å². The molecule has 3 unspecified atom stereocenters. The Bertz CT molecular complexity index is 630. The third-order valence-electron chi connectivity index (χ3n) is 4.34. The summed E-state index contributed by atoms with van der Waals surface area (Å²) in [5.74, 6) is 1.46. The lowest BCUT2D eigenvalue weighted by molar-refractivity contribution is -0.123. The Hall–Kier alpha value is -0.590. The standard InChI is InChI=1S/C13H16ClNO3S2/c1-7(10-5-6-11(19-10)20(14,17)18)15-13(16)12-8-3-2-4-9(8)12/h5-9,12H,2-4H2,1H3,(H,15,16). The second-order valence-corrected chi connectivity index (χ2v) is 9.52. The quantitative estimate of drug-likeness (QED) is 0.862. The molecular weight excluding hydrogens is 318 g/mol. The zero-order chi connectivity index (χ0) is 14.5. The molecule has 2 fully saturated rings. The van der Waals surface area contributed by atoms with E-state index in [2.05, 4.69) is 5.32 Å². The van der Waals surface area contributed by atoms with Gasteiger partial charge in [0, 0.05) is 21.5 Å². The zero-order valence-electron chi connectivity index (χ0n) is 11.0. The Morgan fingerprint density at radius 3 is 2.60 bits per heavy atom. The number of fused-ring (bicyclic) bond motifs is 1. The summed E-state index contributed by atoms with van der Waals surface area (Å²) in [7, 11) is 1.62. The zero-order valence-corrected chi connectivity index (χ0v) is 13.4. The minimum atomic E-state index is -3.68. The monoisotopic (exact) mass is 333 g/mol. The highest BCUT2D eigenvalue weighted by Crippen LogP contribution is 2.57. The van der Waals surface area contributed by atoms with E-state index in [1.54, 1.807) is 6.07 Å². The average Bonchev–Trinajstić information content (AvgIpc) is 2.80. The first-order chi connectivity index (χ1) is 9.38. The number of carbonyl (C=O) groups is 1. The Labute approximate surface area is 126 Å². The van der Waals surface area contributed by atoms with Gasteiger partial charge in [0.25, 0.3) is 9.05 Å². The van der Waals surface area contributed by atoms with Crippen LogP contribution in [0, 0.1) is 17.8 Å². The van der Waals surface area contributed by atoms with Crippen LogP contribution in [-0.2, 0) is 13.8 Å². The topological polar surface area (TPSA) is 63.2 Å². The fourth-order valence-electron chi connectivity index (χ4n) is 3.29. The molecule has 1 amide bonds. The van der Waals surface area contributed by atoms with Gasteiger partial charge in [-0.1, -0.05) is 6.42 Å². The first-order valence-corrected chi connectivity index (χ1v) is 9.85. The average molecular weight is 334 g/mol. The summed E-state index contributed by atoms with van der Waals surface area (Å²) < 4.78 is 22.6. The first-order valence-electron chi connectivity index (χ1n) is 6.72. The lowest BCUT2D eigenvalue weighted by atomic mass is 10.1. The molecule has 3 rings (SSSR count). The van der Waals surface area contributed by atoms with E-state index in [1.165, 1.54) is 25.3 Å². The maximum atomic E-state index is 12.2. The first kappa shape index (κ1) is 14.4. The second kappa shape index (κ2) is 5.00. The molecule has 20 heavy (non-hydrogen) atoms. The lowest BCUT2D eigenvalue weighted by Gasteiger charge is -2.13. The van der Waals surface area contributed by atoms with Gasteiger partial charge in [-0.25, -0.2) is 8.42 Å². The van der Waals surface area contributed by atoms with Gasteiger partial charge in [0.05, 0.1) is 6.04 Å². The Kier molecular flexibility index (Phi) is 3.59. The number of hydrogen-bond donors (Lipinski definition) is 1. The number of halogens is 1. The van der Waals surface area contributed by atoms with Gasteiger partial charge >= 0.3 is 0 Å². The van der Waals surface area contributed by atoms with Crippen molar-refractivity contribution < 1.29 is 13.2 Å². The van der Waals surface area contributed by atoms with Crippen molar-refractivity contribution in [3.05, 3.63) is 17.0 Å². The van der Waals surface area contributed by atoms with Crippen LogP contribution in [0.1, 0.15) is 37.1 Å². The summed E-state index contributed by atoms with van der Waals surface area (Å²) in [6.07, 6.45) is 3.59. The van der Waals surface area contributed by atoms with E-state index in [9.17, 15) is 13.2 Å². The lowest BCUT2D eigenvalue weighted by Crippen LogP contribution is -2.28. The molecule has 0 spiro atoms. The van der Waals surface area contributed by atoms with E-state index in [1.807, 2.05) is 6.92 Å². The van der Waals surface area contributed by atoms with Gasteiger partial charge in [-0.05, 0) is 43.7 Å². The molecule has 2 saturated carbocycles. The van der Waals surface area contributed by atoms with Crippen molar-refractivity contribution in [3.63, 3.8) is 0 Å². The molecule has 0 aliphatic heterocycles. The molecule has 4 nitrogen and oxygen atoms in total. The highest BCUT2D eigenvalue weighted by Gasteiger charge is 2.56. The largest absolute Gasteiger partial charge is 0.349 e. The van der Waals surface area contributed by atoms with Crippen molar-refractivity contribution in [1.29, 1.82) is 0 Å². The Morgan fingerprint density at radius 2 is 2.05 bits per heavy atom. The molecule has 110 valence electrons. The summed E-state index contributed by atoms with van der Waals surface area (Å²) in [5.41, 5.74) is 0. The van der Waals surface area contributed by atoms with E-state index in [4.69, 9.17) is 10.7 Å². The fourth-order valence-corrected chi connectivity index (χ4v) is 5.38. The third kappa shape index (κ3) is 2.61. The summed E-state index contributed by atoms with van der Waals surface area (Å²) in [6, 6.07) is 3.01. The van der Waals surface area contributed by atoms with Gasteiger partial charge in [0.15, 0.2) is 0 Å². The van der Waals surface area contributed by atoms with E-state index < -0.39 is 9.05 Å². The molecule has 1 aromatic rings. The van der Waals surface area contributed by atoms with Crippen LogP contribution in [0.2, 0.25) is 0 Å². The number of thiophene rings is 1. The molecule has 1 aromatic heterocycles. The Balaban J connectivity index is 1.63. The van der Waals surface area contributed by atoms with Crippen LogP contribution in [-0.4, -0.2) is 14.3 Å². The van der Waals surface area contributed by atoms with Gasteiger partial charge in [0.2, 0.25) is 5.91 Å². The predicted octanol–water partition coefficient (Wildman–Crippen LogP) is 2.90. The van der Waals surface area contributed by atoms with Crippen LogP contribution < -0.4 is 5.32 Å². The van der Waals surface area contributed by atoms with Crippen molar-refractivity contribution >= 4 is 37.0 Å².